The Morgan fingerprint density at radius 1 is 1.16 bits per heavy atom. The predicted molar refractivity (Wildman–Crippen MR) is 116 cm³/mol. The number of hydrogen-bond acceptors (Lipinski definition) is 6. The van der Waals surface area contributed by atoms with Gasteiger partial charge >= 0.3 is 12.0 Å². The van der Waals surface area contributed by atoms with E-state index < -0.39 is 22.0 Å². The SMILES string of the molecule is CCn1c(C(C)NS(=O)(=O)c2ccccc2C(=O)OC)cnc1Oc1ccc(C)cc1. The molecule has 0 saturated heterocycles. The van der Waals surface area contributed by atoms with Crippen molar-refractivity contribution in [1.29, 1.82) is 0 Å². The molecular formula is C22H25N3O5S. The Morgan fingerprint density at radius 2 is 1.84 bits per heavy atom. The van der Waals surface area contributed by atoms with Crippen molar-refractivity contribution in [2.75, 3.05) is 7.11 Å². The third-order valence-corrected chi connectivity index (χ3v) is 6.35. The van der Waals surface area contributed by atoms with E-state index in [9.17, 15) is 13.2 Å². The second-order valence-electron chi connectivity index (χ2n) is 6.96. The molecule has 1 atom stereocenters. The van der Waals surface area contributed by atoms with Crippen LogP contribution in [0.4, 0.5) is 0 Å². The monoisotopic (exact) mass is 443 g/mol. The number of ether oxygens (including phenoxy) is 2. The molecule has 164 valence electrons. The van der Waals surface area contributed by atoms with Crippen molar-refractivity contribution in [2.45, 2.75) is 38.3 Å². The van der Waals surface area contributed by atoms with Crippen LogP contribution in [0.2, 0.25) is 0 Å². The van der Waals surface area contributed by atoms with Gasteiger partial charge in [0.1, 0.15) is 5.75 Å². The number of nitrogens with one attached hydrogen (secondary N) is 1. The molecule has 0 fully saturated rings. The first-order valence-corrected chi connectivity index (χ1v) is 11.2. The van der Waals surface area contributed by atoms with Crippen LogP contribution in [-0.2, 0) is 21.3 Å². The summed E-state index contributed by atoms with van der Waals surface area (Å²) in [6.45, 7) is 6.14. The highest BCUT2D eigenvalue weighted by Crippen LogP contribution is 2.26. The van der Waals surface area contributed by atoms with E-state index in [1.807, 2.05) is 38.1 Å². The Bertz CT molecular complexity index is 1170. The normalized spacial score (nSPS) is 12.4. The maximum absolute atomic E-state index is 13.0. The second kappa shape index (κ2) is 9.32. The highest BCUT2D eigenvalue weighted by Gasteiger charge is 2.26. The van der Waals surface area contributed by atoms with Gasteiger partial charge in [-0.05, 0) is 45.0 Å². The molecule has 0 spiro atoms. The zero-order chi connectivity index (χ0) is 22.6. The van der Waals surface area contributed by atoms with E-state index in [0.717, 1.165) is 5.56 Å². The molecule has 0 bridgehead atoms. The summed E-state index contributed by atoms with van der Waals surface area (Å²) in [5.74, 6) is -0.0845. The van der Waals surface area contributed by atoms with E-state index in [-0.39, 0.29) is 10.5 Å². The highest BCUT2D eigenvalue weighted by molar-refractivity contribution is 7.89. The summed E-state index contributed by atoms with van der Waals surface area (Å²) < 4.78 is 41.0. The smallest absolute Gasteiger partial charge is 0.339 e. The fraction of sp³-hybridized carbons (Fsp3) is 0.273. The largest absolute Gasteiger partial charge is 0.465 e. The standard InChI is InChI=1S/C22H25N3O5S/c1-5-25-19(14-23-22(25)30-17-12-10-15(2)11-13-17)16(3)24-31(27,28)20-9-7-6-8-18(20)21(26)29-4/h6-14,16,24H,5H2,1-4H3. The number of imidazole rings is 1. The van der Waals surface area contributed by atoms with Gasteiger partial charge in [0.15, 0.2) is 0 Å². The van der Waals surface area contributed by atoms with Gasteiger partial charge in [-0.2, -0.15) is 0 Å². The first kappa shape index (κ1) is 22.5. The average molecular weight is 444 g/mol. The predicted octanol–water partition coefficient (Wildman–Crippen LogP) is 3.83. The molecule has 9 heteroatoms. The zero-order valence-electron chi connectivity index (χ0n) is 17.8. The van der Waals surface area contributed by atoms with Gasteiger partial charge < -0.3 is 9.47 Å². The number of carbonyl (C=O) groups is 1. The zero-order valence-corrected chi connectivity index (χ0v) is 18.6. The fourth-order valence-electron chi connectivity index (χ4n) is 3.16. The molecular weight excluding hydrogens is 418 g/mol. The van der Waals surface area contributed by atoms with Crippen LogP contribution in [0.3, 0.4) is 0 Å². The Balaban J connectivity index is 1.87. The van der Waals surface area contributed by atoms with Crippen LogP contribution in [0.15, 0.2) is 59.6 Å². The van der Waals surface area contributed by atoms with E-state index in [2.05, 4.69) is 9.71 Å². The summed E-state index contributed by atoms with van der Waals surface area (Å²) in [4.78, 5) is 16.2. The van der Waals surface area contributed by atoms with Crippen LogP contribution < -0.4 is 9.46 Å². The molecule has 0 radical (unpaired) electrons. The Labute approximate surface area is 181 Å². The number of sulfonamides is 1. The number of benzene rings is 2. The highest BCUT2D eigenvalue weighted by atomic mass is 32.2. The quantitative estimate of drug-likeness (QED) is 0.531. The summed E-state index contributed by atoms with van der Waals surface area (Å²) in [6, 6.07) is 13.2. The third kappa shape index (κ3) is 4.95. The van der Waals surface area contributed by atoms with Crippen molar-refractivity contribution >= 4 is 16.0 Å². The lowest BCUT2D eigenvalue weighted by Gasteiger charge is -2.18. The first-order chi connectivity index (χ1) is 14.8. The van der Waals surface area contributed by atoms with Gasteiger partial charge in [-0.3, -0.25) is 4.57 Å². The van der Waals surface area contributed by atoms with Crippen LogP contribution in [0, 0.1) is 6.92 Å². The van der Waals surface area contributed by atoms with Gasteiger partial charge in [-0.15, -0.1) is 0 Å². The molecule has 0 amide bonds. The Kier molecular flexibility index (Phi) is 6.77. The first-order valence-electron chi connectivity index (χ1n) is 9.76. The third-order valence-electron chi connectivity index (χ3n) is 4.75. The van der Waals surface area contributed by atoms with Gasteiger partial charge in [0, 0.05) is 6.54 Å². The van der Waals surface area contributed by atoms with E-state index in [0.29, 0.717) is 24.0 Å². The second-order valence-corrected chi connectivity index (χ2v) is 8.64. The minimum atomic E-state index is -4.01. The molecule has 1 unspecified atom stereocenters. The van der Waals surface area contributed by atoms with Crippen LogP contribution in [0.1, 0.15) is 41.5 Å². The Morgan fingerprint density at radius 3 is 2.48 bits per heavy atom. The summed E-state index contributed by atoms with van der Waals surface area (Å²) in [6.07, 6.45) is 1.58. The van der Waals surface area contributed by atoms with E-state index in [1.165, 1.54) is 19.2 Å². The van der Waals surface area contributed by atoms with Gasteiger partial charge in [0.05, 0.1) is 35.5 Å². The van der Waals surface area contributed by atoms with Crippen LogP contribution in [-0.4, -0.2) is 31.0 Å². The average Bonchev–Trinajstić information content (AvgIpc) is 3.17. The number of aryl methyl sites for hydroxylation is 1. The number of rotatable bonds is 8. The lowest BCUT2D eigenvalue weighted by Crippen LogP contribution is -2.29. The summed E-state index contributed by atoms with van der Waals surface area (Å²) in [5.41, 5.74) is 1.71. The molecule has 8 nitrogen and oxygen atoms in total. The molecule has 1 aromatic heterocycles. The van der Waals surface area contributed by atoms with Crippen molar-refractivity contribution in [3.8, 4) is 11.8 Å². The van der Waals surface area contributed by atoms with Crippen molar-refractivity contribution in [3.05, 3.63) is 71.5 Å². The molecule has 0 aliphatic rings. The van der Waals surface area contributed by atoms with Gasteiger partial charge in [-0.25, -0.2) is 22.9 Å². The van der Waals surface area contributed by atoms with Gasteiger partial charge in [0.25, 0.3) is 0 Å². The van der Waals surface area contributed by atoms with E-state index >= 15 is 0 Å². The van der Waals surface area contributed by atoms with Crippen molar-refractivity contribution in [2.24, 2.45) is 0 Å². The Hall–Kier alpha value is -3.17. The van der Waals surface area contributed by atoms with Gasteiger partial charge in [-0.1, -0.05) is 29.8 Å². The number of hydrogen-bond donors (Lipinski definition) is 1. The fourth-order valence-corrected chi connectivity index (χ4v) is 4.58. The molecule has 0 aliphatic heterocycles. The molecule has 2 aromatic carbocycles. The number of esters is 1. The van der Waals surface area contributed by atoms with Crippen LogP contribution in [0.25, 0.3) is 0 Å². The van der Waals surface area contributed by atoms with Crippen molar-refractivity contribution in [1.82, 2.24) is 14.3 Å². The molecule has 3 rings (SSSR count). The molecule has 0 aliphatic carbocycles. The minimum absolute atomic E-state index is 0.0305. The molecule has 3 aromatic rings. The number of methoxy groups -OCH3 is 1. The van der Waals surface area contributed by atoms with Crippen molar-refractivity contribution in [3.63, 3.8) is 0 Å². The maximum Gasteiger partial charge on any atom is 0.339 e. The summed E-state index contributed by atoms with van der Waals surface area (Å²) in [5, 5.41) is 0. The van der Waals surface area contributed by atoms with E-state index in [4.69, 9.17) is 9.47 Å². The number of nitrogens with zero attached hydrogens (tertiary/aromatic N) is 2. The molecule has 1 N–H and O–H groups in total. The lowest BCUT2D eigenvalue weighted by molar-refractivity contribution is 0.0596. The molecule has 0 saturated carbocycles. The summed E-state index contributed by atoms with van der Waals surface area (Å²) >= 11 is 0. The van der Waals surface area contributed by atoms with Gasteiger partial charge in [0.2, 0.25) is 10.0 Å². The lowest BCUT2D eigenvalue weighted by atomic mass is 10.2. The van der Waals surface area contributed by atoms with E-state index in [1.54, 1.807) is 29.8 Å². The summed E-state index contributed by atoms with van der Waals surface area (Å²) in [7, 11) is -2.80. The van der Waals surface area contributed by atoms with Crippen LogP contribution in [0.5, 0.6) is 11.8 Å². The molecule has 31 heavy (non-hydrogen) atoms. The maximum atomic E-state index is 13.0. The van der Waals surface area contributed by atoms with Crippen LogP contribution >= 0.6 is 0 Å². The van der Waals surface area contributed by atoms with Crippen molar-refractivity contribution < 1.29 is 22.7 Å². The topological polar surface area (TPSA) is 99.5 Å². The minimum Gasteiger partial charge on any atom is -0.465 e. The number of aromatic nitrogens is 2. The number of carbonyl (C=O) groups excluding carboxylic acids is 1. The molecule has 1 heterocycles.